The number of hydrogen-bond donors (Lipinski definition) is 2. The van der Waals surface area contributed by atoms with E-state index in [1.807, 2.05) is 19.1 Å². The van der Waals surface area contributed by atoms with E-state index in [2.05, 4.69) is 10.3 Å². The third-order valence-corrected chi connectivity index (χ3v) is 4.26. The highest BCUT2D eigenvalue weighted by atomic mass is 16.3. The summed E-state index contributed by atoms with van der Waals surface area (Å²) >= 11 is 0. The van der Waals surface area contributed by atoms with Gasteiger partial charge in [-0.1, -0.05) is 31.5 Å². The van der Waals surface area contributed by atoms with E-state index in [1.165, 1.54) is 0 Å². The van der Waals surface area contributed by atoms with E-state index < -0.39 is 11.5 Å². The van der Waals surface area contributed by atoms with E-state index in [1.54, 1.807) is 41.1 Å². The molecular formula is C20H21N3O3. The van der Waals surface area contributed by atoms with Crippen LogP contribution in [-0.4, -0.2) is 20.6 Å². The van der Waals surface area contributed by atoms with Crippen LogP contribution in [0.25, 0.3) is 10.9 Å². The summed E-state index contributed by atoms with van der Waals surface area (Å²) in [6.45, 7) is 2.71. The van der Waals surface area contributed by atoms with E-state index in [4.69, 9.17) is 0 Å². The van der Waals surface area contributed by atoms with Crippen molar-refractivity contribution in [3.8, 4) is 5.75 Å². The van der Waals surface area contributed by atoms with Crippen LogP contribution in [0.5, 0.6) is 5.75 Å². The minimum atomic E-state index is -0.603. The van der Waals surface area contributed by atoms with Crippen molar-refractivity contribution in [1.82, 2.24) is 14.9 Å². The fourth-order valence-corrected chi connectivity index (χ4v) is 2.89. The minimum absolute atomic E-state index is 0.181. The summed E-state index contributed by atoms with van der Waals surface area (Å²) < 4.78 is 1.56. The van der Waals surface area contributed by atoms with Crippen LogP contribution in [0, 0.1) is 0 Å². The number of nitrogens with zero attached hydrogens (tertiary/aromatic N) is 2. The lowest BCUT2D eigenvalue weighted by molar-refractivity contribution is 0.0946. The molecule has 0 aliphatic heterocycles. The van der Waals surface area contributed by atoms with Crippen LogP contribution in [0.4, 0.5) is 0 Å². The number of hydrogen-bond acceptors (Lipinski definition) is 4. The first-order valence-corrected chi connectivity index (χ1v) is 8.66. The number of amides is 1. The highest BCUT2D eigenvalue weighted by molar-refractivity contribution is 6.02. The highest BCUT2D eigenvalue weighted by Gasteiger charge is 2.21. The van der Waals surface area contributed by atoms with Gasteiger partial charge in [-0.15, -0.1) is 0 Å². The number of benzene rings is 1. The van der Waals surface area contributed by atoms with Crippen molar-refractivity contribution in [2.45, 2.75) is 32.9 Å². The summed E-state index contributed by atoms with van der Waals surface area (Å²) in [6, 6.07) is 12.5. The lowest BCUT2D eigenvalue weighted by atomic mass is 10.1. The van der Waals surface area contributed by atoms with Crippen LogP contribution in [0.3, 0.4) is 0 Å². The van der Waals surface area contributed by atoms with Gasteiger partial charge in [-0.2, -0.15) is 0 Å². The third kappa shape index (κ3) is 3.44. The summed E-state index contributed by atoms with van der Waals surface area (Å²) in [5.41, 5.74) is 0.598. The number of aromatic nitrogens is 2. The Morgan fingerprint density at radius 2 is 1.96 bits per heavy atom. The van der Waals surface area contributed by atoms with Crippen LogP contribution in [-0.2, 0) is 13.1 Å². The summed E-state index contributed by atoms with van der Waals surface area (Å²) in [7, 11) is 0. The second-order valence-corrected chi connectivity index (χ2v) is 6.05. The van der Waals surface area contributed by atoms with Crippen LogP contribution < -0.4 is 10.9 Å². The molecule has 1 aromatic carbocycles. The molecule has 26 heavy (non-hydrogen) atoms. The van der Waals surface area contributed by atoms with E-state index >= 15 is 0 Å². The molecule has 0 unspecified atom stereocenters. The molecule has 0 saturated heterocycles. The summed E-state index contributed by atoms with van der Waals surface area (Å²) in [5, 5.41) is 13.7. The maximum absolute atomic E-state index is 12.9. The number of carbonyl (C=O) groups is 1. The average Bonchev–Trinajstić information content (AvgIpc) is 2.67. The number of pyridine rings is 2. The fraction of sp³-hybridized carbons (Fsp3) is 0.250. The van der Waals surface area contributed by atoms with Crippen molar-refractivity contribution in [3.05, 3.63) is 70.3 Å². The molecule has 0 fully saturated rings. The van der Waals surface area contributed by atoms with Gasteiger partial charge in [0, 0.05) is 18.1 Å². The lowest BCUT2D eigenvalue weighted by Crippen LogP contribution is -2.33. The van der Waals surface area contributed by atoms with Gasteiger partial charge in [0.15, 0.2) is 0 Å². The second kappa shape index (κ2) is 7.82. The Morgan fingerprint density at radius 3 is 2.69 bits per heavy atom. The molecule has 0 spiro atoms. The molecule has 2 N–H and O–H groups in total. The molecule has 0 radical (unpaired) electrons. The monoisotopic (exact) mass is 351 g/mol. The zero-order valence-corrected chi connectivity index (χ0v) is 14.6. The van der Waals surface area contributed by atoms with Gasteiger partial charge < -0.3 is 15.0 Å². The molecule has 2 heterocycles. The number of fused-ring (bicyclic) bond motifs is 1. The molecular weight excluding hydrogens is 330 g/mol. The predicted octanol–water partition coefficient (Wildman–Crippen LogP) is 2.83. The SMILES string of the molecule is CCCCn1c(=O)c(C(=O)NCc2ccccn2)c(O)c2ccccc21. The van der Waals surface area contributed by atoms with Gasteiger partial charge in [-0.25, -0.2) is 0 Å². The minimum Gasteiger partial charge on any atom is -0.506 e. The van der Waals surface area contributed by atoms with Crippen LogP contribution in [0.2, 0.25) is 0 Å². The maximum Gasteiger partial charge on any atom is 0.267 e. The topological polar surface area (TPSA) is 84.2 Å². The molecule has 3 aromatic rings. The first-order valence-electron chi connectivity index (χ1n) is 8.66. The van der Waals surface area contributed by atoms with Crippen molar-refractivity contribution in [1.29, 1.82) is 0 Å². The second-order valence-electron chi connectivity index (χ2n) is 6.05. The smallest absolute Gasteiger partial charge is 0.267 e. The van der Waals surface area contributed by atoms with E-state index in [0.717, 1.165) is 12.8 Å². The molecule has 1 amide bonds. The Hall–Kier alpha value is -3.15. The Morgan fingerprint density at radius 1 is 1.19 bits per heavy atom. The van der Waals surface area contributed by atoms with Crippen molar-refractivity contribution in [2.75, 3.05) is 0 Å². The standard InChI is InChI=1S/C20H21N3O3/c1-2-3-12-23-16-10-5-4-9-15(16)18(24)17(20(23)26)19(25)22-13-14-8-6-7-11-21-14/h4-11,24H,2-3,12-13H2,1H3,(H,22,25). The van der Waals surface area contributed by atoms with Crippen LogP contribution in [0.1, 0.15) is 35.8 Å². The Labute approximate surface area is 151 Å². The van der Waals surface area contributed by atoms with Crippen molar-refractivity contribution >= 4 is 16.8 Å². The Bertz CT molecular complexity index is 981. The van der Waals surface area contributed by atoms with Gasteiger partial charge in [-0.3, -0.25) is 14.6 Å². The first kappa shape index (κ1) is 17.7. The Balaban J connectivity index is 2.01. The van der Waals surface area contributed by atoms with Crippen molar-refractivity contribution < 1.29 is 9.90 Å². The normalized spacial score (nSPS) is 10.8. The first-order chi connectivity index (χ1) is 12.6. The number of para-hydroxylation sites is 1. The summed E-state index contributed by atoms with van der Waals surface area (Å²) in [5.74, 6) is -0.883. The summed E-state index contributed by atoms with van der Waals surface area (Å²) in [6.07, 6.45) is 3.36. The van der Waals surface area contributed by atoms with Crippen LogP contribution in [0.15, 0.2) is 53.5 Å². The van der Waals surface area contributed by atoms with Crippen molar-refractivity contribution in [3.63, 3.8) is 0 Å². The largest absolute Gasteiger partial charge is 0.506 e. The van der Waals surface area contributed by atoms with Gasteiger partial charge in [0.1, 0.15) is 11.3 Å². The molecule has 3 rings (SSSR count). The predicted molar refractivity (Wildman–Crippen MR) is 100 cm³/mol. The molecule has 0 atom stereocenters. The van der Waals surface area contributed by atoms with E-state index in [0.29, 0.717) is 23.1 Å². The van der Waals surface area contributed by atoms with Crippen molar-refractivity contribution in [2.24, 2.45) is 0 Å². The lowest BCUT2D eigenvalue weighted by Gasteiger charge is -2.14. The number of rotatable bonds is 6. The van der Waals surface area contributed by atoms with Gasteiger partial charge in [0.25, 0.3) is 11.5 Å². The molecule has 0 saturated carbocycles. The molecule has 0 aliphatic rings. The van der Waals surface area contributed by atoms with Gasteiger partial charge in [-0.05, 0) is 30.7 Å². The third-order valence-electron chi connectivity index (χ3n) is 4.26. The number of aromatic hydroxyl groups is 1. The number of carbonyl (C=O) groups excluding carboxylic acids is 1. The quantitative estimate of drug-likeness (QED) is 0.715. The maximum atomic E-state index is 12.9. The van der Waals surface area contributed by atoms with E-state index in [9.17, 15) is 14.7 Å². The molecule has 0 aliphatic carbocycles. The van der Waals surface area contributed by atoms with Gasteiger partial charge in [0.05, 0.1) is 17.8 Å². The zero-order chi connectivity index (χ0) is 18.5. The molecule has 6 nitrogen and oxygen atoms in total. The summed E-state index contributed by atoms with van der Waals surface area (Å²) in [4.78, 5) is 29.6. The molecule has 2 aromatic heterocycles. The molecule has 134 valence electrons. The zero-order valence-electron chi connectivity index (χ0n) is 14.6. The number of unbranched alkanes of at least 4 members (excludes halogenated alkanes) is 1. The average molecular weight is 351 g/mol. The molecule has 0 bridgehead atoms. The van der Waals surface area contributed by atoms with E-state index in [-0.39, 0.29) is 17.9 Å². The van der Waals surface area contributed by atoms with Gasteiger partial charge >= 0.3 is 0 Å². The molecule has 6 heteroatoms. The number of nitrogens with one attached hydrogen (secondary N) is 1. The van der Waals surface area contributed by atoms with Crippen LogP contribution >= 0.6 is 0 Å². The number of aryl methyl sites for hydroxylation is 1. The highest BCUT2D eigenvalue weighted by Crippen LogP contribution is 2.26. The Kier molecular flexibility index (Phi) is 5.31. The van der Waals surface area contributed by atoms with Gasteiger partial charge in [0.2, 0.25) is 0 Å². The fourth-order valence-electron chi connectivity index (χ4n) is 2.89.